The third kappa shape index (κ3) is 9.25. The molecule has 3 atom stereocenters. The molecule has 0 aliphatic rings. The summed E-state index contributed by atoms with van der Waals surface area (Å²) in [6, 6.07) is 7.20. The molecule has 2 N–H and O–H groups in total. The molecule has 9 heteroatoms. The van der Waals surface area contributed by atoms with Crippen LogP contribution in [-0.4, -0.2) is 53.6 Å². The molecule has 0 saturated heterocycles. The van der Waals surface area contributed by atoms with Crippen LogP contribution < -0.4 is 10.6 Å². The lowest BCUT2D eigenvalue weighted by atomic mass is 9.95. The first-order chi connectivity index (χ1) is 16.9. The SMILES string of the molecule is C#CN(C(=O)C(NC(=O)OC(C)(C)C)C(C)CC)C(C(=O)NCCC(=O)OCC)c1ccccc1C. The largest absolute Gasteiger partial charge is 0.466 e. The molecule has 0 aliphatic heterocycles. The van der Waals surface area contributed by atoms with E-state index in [1.165, 1.54) is 0 Å². The van der Waals surface area contributed by atoms with Crippen LogP contribution in [0.5, 0.6) is 0 Å². The van der Waals surface area contributed by atoms with Gasteiger partial charge in [0.1, 0.15) is 17.7 Å². The lowest BCUT2D eigenvalue weighted by Crippen LogP contribution is -2.54. The number of carbonyl (C=O) groups excluding carboxylic acids is 4. The van der Waals surface area contributed by atoms with Gasteiger partial charge in [0.05, 0.1) is 13.0 Å². The van der Waals surface area contributed by atoms with E-state index in [1.54, 1.807) is 59.7 Å². The molecule has 0 bridgehead atoms. The maximum atomic E-state index is 13.7. The lowest BCUT2D eigenvalue weighted by molar-refractivity contribution is -0.143. The van der Waals surface area contributed by atoms with E-state index in [1.807, 2.05) is 13.0 Å². The molecule has 0 heterocycles. The normalized spacial score (nSPS) is 13.4. The average Bonchev–Trinajstić information content (AvgIpc) is 2.79. The van der Waals surface area contributed by atoms with Crippen LogP contribution in [0.2, 0.25) is 0 Å². The Kier molecular flexibility index (Phi) is 12.0. The molecular weight excluding hydrogens is 462 g/mol. The number of ether oxygens (including phenoxy) is 2. The van der Waals surface area contributed by atoms with Gasteiger partial charge in [0, 0.05) is 12.6 Å². The molecule has 9 nitrogen and oxygen atoms in total. The van der Waals surface area contributed by atoms with Crippen molar-refractivity contribution in [3.05, 3.63) is 35.4 Å². The van der Waals surface area contributed by atoms with E-state index in [0.717, 1.165) is 10.5 Å². The predicted octanol–water partition coefficient (Wildman–Crippen LogP) is 3.46. The molecule has 0 aromatic heterocycles. The Morgan fingerprint density at radius 2 is 1.78 bits per heavy atom. The third-order valence-corrected chi connectivity index (χ3v) is 5.45. The first kappa shape index (κ1) is 30.5. The molecule has 0 aliphatic carbocycles. The number of nitrogens with zero attached hydrogens (tertiary/aromatic N) is 1. The quantitative estimate of drug-likeness (QED) is 0.273. The first-order valence-corrected chi connectivity index (χ1v) is 12.1. The van der Waals surface area contributed by atoms with Gasteiger partial charge in [-0.15, -0.1) is 0 Å². The number of esters is 1. The van der Waals surface area contributed by atoms with E-state index in [0.29, 0.717) is 12.0 Å². The van der Waals surface area contributed by atoms with E-state index >= 15 is 0 Å². The number of nitrogens with one attached hydrogen (secondary N) is 2. The monoisotopic (exact) mass is 501 g/mol. The molecule has 0 radical (unpaired) electrons. The van der Waals surface area contributed by atoms with Crippen molar-refractivity contribution in [3.8, 4) is 12.5 Å². The van der Waals surface area contributed by atoms with Crippen molar-refractivity contribution in [3.63, 3.8) is 0 Å². The van der Waals surface area contributed by atoms with E-state index in [4.69, 9.17) is 15.9 Å². The molecular formula is C27H39N3O6. The molecule has 1 rings (SSSR count). The van der Waals surface area contributed by atoms with Gasteiger partial charge in [0.25, 0.3) is 5.91 Å². The van der Waals surface area contributed by atoms with Gasteiger partial charge in [0.15, 0.2) is 0 Å². The summed E-state index contributed by atoms with van der Waals surface area (Å²) in [7, 11) is 0. The van der Waals surface area contributed by atoms with Gasteiger partial charge in [-0.1, -0.05) is 51.0 Å². The standard InChI is InChI=1S/C27H39N3O6/c1-9-18(4)22(29-26(34)36-27(6,7)8)25(33)30(10-2)23(20-15-13-12-14-19(20)5)24(32)28-17-16-21(31)35-11-3/h2,12-15,18,22-23H,9,11,16-17H2,1,3-8H3,(H,28,32)(H,29,34). The number of carbonyl (C=O) groups is 4. The topological polar surface area (TPSA) is 114 Å². The van der Waals surface area contributed by atoms with Crippen LogP contribution in [0.15, 0.2) is 24.3 Å². The fraction of sp³-hybridized carbons (Fsp3) is 0.556. The number of terminal acetylenes is 1. The van der Waals surface area contributed by atoms with Crippen molar-refractivity contribution in [2.24, 2.45) is 5.92 Å². The zero-order valence-electron chi connectivity index (χ0n) is 22.3. The second kappa shape index (κ2) is 14.1. The fourth-order valence-electron chi connectivity index (χ4n) is 3.44. The molecule has 1 aromatic rings. The summed E-state index contributed by atoms with van der Waals surface area (Å²) in [6.45, 7) is 12.6. The van der Waals surface area contributed by atoms with Crippen LogP contribution in [0.4, 0.5) is 4.79 Å². The molecule has 0 fully saturated rings. The Labute approximate surface area is 214 Å². The van der Waals surface area contributed by atoms with Crippen LogP contribution in [0.3, 0.4) is 0 Å². The highest BCUT2D eigenvalue weighted by Gasteiger charge is 2.38. The van der Waals surface area contributed by atoms with Crippen LogP contribution in [-0.2, 0) is 23.9 Å². The van der Waals surface area contributed by atoms with Crippen molar-refractivity contribution in [2.45, 2.75) is 79.0 Å². The summed E-state index contributed by atoms with van der Waals surface area (Å²) >= 11 is 0. The summed E-state index contributed by atoms with van der Waals surface area (Å²) < 4.78 is 10.2. The highest BCUT2D eigenvalue weighted by molar-refractivity contribution is 5.93. The highest BCUT2D eigenvalue weighted by Crippen LogP contribution is 2.26. The predicted molar refractivity (Wildman–Crippen MR) is 136 cm³/mol. The number of hydrogen-bond acceptors (Lipinski definition) is 6. The number of aryl methyl sites for hydroxylation is 1. The van der Waals surface area contributed by atoms with Crippen LogP contribution in [0.1, 0.15) is 71.6 Å². The molecule has 1 aromatic carbocycles. The third-order valence-electron chi connectivity index (χ3n) is 5.45. The minimum absolute atomic E-state index is 0.0115. The zero-order chi connectivity index (χ0) is 27.5. The van der Waals surface area contributed by atoms with Crippen molar-refractivity contribution in [2.75, 3.05) is 13.2 Å². The second-order valence-electron chi connectivity index (χ2n) is 9.45. The highest BCUT2D eigenvalue weighted by atomic mass is 16.6. The van der Waals surface area contributed by atoms with E-state index in [2.05, 4.69) is 16.7 Å². The Bertz CT molecular complexity index is 963. The molecule has 36 heavy (non-hydrogen) atoms. The smallest absolute Gasteiger partial charge is 0.408 e. The minimum atomic E-state index is -1.18. The number of benzene rings is 1. The fourth-order valence-corrected chi connectivity index (χ4v) is 3.44. The first-order valence-electron chi connectivity index (χ1n) is 12.1. The Hall–Kier alpha value is -3.54. The van der Waals surface area contributed by atoms with Gasteiger partial charge in [-0.3, -0.25) is 19.3 Å². The zero-order valence-corrected chi connectivity index (χ0v) is 22.3. The summed E-state index contributed by atoms with van der Waals surface area (Å²) in [4.78, 5) is 52.3. The van der Waals surface area contributed by atoms with Gasteiger partial charge in [-0.2, -0.15) is 0 Å². The maximum absolute atomic E-state index is 13.7. The minimum Gasteiger partial charge on any atom is -0.466 e. The molecule has 198 valence electrons. The van der Waals surface area contributed by atoms with Crippen molar-refractivity contribution in [1.82, 2.24) is 15.5 Å². The van der Waals surface area contributed by atoms with Gasteiger partial charge in [0.2, 0.25) is 5.91 Å². The van der Waals surface area contributed by atoms with E-state index in [9.17, 15) is 19.2 Å². The molecule has 0 saturated carbocycles. The second-order valence-corrected chi connectivity index (χ2v) is 9.45. The van der Waals surface area contributed by atoms with Crippen LogP contribution in [0, 0.1) is 25.3 Å². The summed E-state index contributed by atoms with van der Waals surface area (Å²) in [5.41, 5.74) is 0.510. The van der Waals surface area contributed by atoms with Crippen molar-refractivity contribution in [1.29, 1.82) is 0 Å². The Morgan fingerprint density at radius 1 is 1.14 bits per heavy atom. The van der Waals surface area contributed by atoms with Gasteiger partial charge in [-0.25, -0.2) is 4.79 Å². The lowest BCUT2D eigenvalue weighted by Gasteiger charge is -2.33. The molecule has 0 spiro atoms. The van der Waals surface area contributed by atoms with Crippen molar-refractivity contribution >= 4 is 23.9 Å². The van der Waals surface area contributed by atoms with Crippen molar-refractivity contribution < 1.29 is 28.7 Å². The van der Waals surface area contributed by atoms with E-state index < -0.39 is 41.6 Å². The molecule has 3 unspecified atom stereocenters. The Morgan fingerprint density at radius 3 is 2.31 bits per heavy atom. The van der Waals surface area contributed by atoms with Gasteiger partial charge in [-0.05, 0) is 51.7 Å². The van der Waals surface area contributed by atoms with Crippen LogP contribution >= 0.6 is 0 Å². The summed E-state index contributed by atoms with van der Waals surface area (Å²) in [6.07, 6.45) is 5.56. The van der Waals surface area contributed by atoms with E-state index in [-0.39, 0.29) is 25.5 Å². The number of hydrogen-bond donors (Lipinski definition) is 2. The number of amides is 3. The summed E-state index contributed by atoms with van der Waals surface area (Å²) in [5.74, 6) is -1.93. The summed E-state index contributed by atoms with van der Waals surface area (Å²) in [5, 5.41) is 5.31. The number of alkyl carbamates (subject to hydrolysis) is 1. The van der Waals surface area contributed by atoms with Gasteiger partial charge < -0.3 is 20.1 Å². The maximum Gasteiger partial charge on any atom is 0.408 e. The Balaban J connectivity index is 3.32. The van der Waals surface area contributed by atoms with Gasteiger partial charge >= 0.3 is 12.1 Å². The number of rotatable bonds is 11. The van der Waals surface area contributed by atoms with Crippen LogP contribution in [0.25, 0.3) is 0 Å². The average molecular weight is 502 g/mol. The molecule has 3 amide bonds.